The number of methoxy groups -OCH3 is 1. The first-order valence-corrected chi connectivity index (χ1v) is 13.9. The molecule has 1 aliphatic carbocycles. The Balaban J connectivity index is 1.36. The number of aliphatic carboxylic acids is 1. The van der Waals surface area contributed by atoms with Crippen LogP contribution in [0.1, 0.15) is 42.6 Å². The highest BCUT2D eigenvalue weighted by Crippen LogP contribution is 2.49. The summed E-state index contributed by atoms with van der Waals surface area (Å²) in [6.45, 7) is 3.51. The number of rotatable bonds is 8. The van der Waals surface area contributed by atoms with Crippen molar-refractivity contribution in [3.8, 4) is 27.3 Å². The van der Waals surface area contributed by atoms with Gasteiger partial charge in [0, 0.05) is 5.56 Å². The van der Waals surface area contributed by atoms with E-state index in [9.17, 15) is 19.1 Å². The molecule has 206 valence electrons. The van der Waals surface area contributed by atoms with Crippen LogP contribution in [-0.2, 0) is 14.9 Å². The first-order chi connectivity index (χ1) is 19.1. The van der Waals surface area contributed by atoms with Gasteiger partial charge in [-0.2, -0.15) is 0 Å². The van der Waals surface area contributed by atoms with Gasteiger partial charge >= 0.3 is 12.1 Å². The quantitative estimate of drug-likeness (QED) is 0.218. The van der Waals surface area contributed by atoms with Crippen LogP contribution in [0.4, 0.5) is 14.9 Å². The van der Waals surface area contributed by atoms with E-state index in [4.69, 9.17) is 21.1 Å². The number of carbonyl (C=O) groups is 2. The molecular formula is C31H27ClFNO5S. The third-order valence-corrected chi connectivity index (χ3v) is 8.59. The highest BCUT2D eigenvalue weighted by molar-refractivity contribution is 7.20. The van der Waals surface area contributed by atoms with Crippen molar-refractivity contribution >= 4 is 40.7 Å². The number of halogens is 2. The number of nitrogens with one attached hydrogen (secondary N) is 1. The number of carboxylic acids is 1. The van der Waals surface area contributed by atoms with E-state index in [0.29, 0.717) is 39.1 Å². The van der Waals surface area contributed by atoms with Crippen molar-refractivity contribution in [2.24, 2.45) is 0 Å². The summed E-state index contributed by atoms with van der Waals surface area (Å²) in [5.74, 6) is -0.578. The number of benzene rings is 3. The van der Waals surface area contributed by atoms with Gasteiger partial charge in [0.15, 0.2) is 0 Å². The second-order valence-corrected chi connectivity index (χ2v) is 11.5. The van der Waals surface area contributed by atoms with Gasteiger partial charge in [0.2, 0.25) is 0 Å². The number of thiophene rings is 1. The molecule has 40 heavy (non-hydrogen) atoms. The van der Waals surface area contributed by atoms with Crippen LogP contribution >= 0.6 is 22.9 Å². The van der Waals surface area contributed by atoms with Crippen LogP contribution in [0.15, 0.2) is 66.7 Å². The number of ether oxygens (including phenoxy) is 2. The minimum Gasteiger partial charge on any atom is -0.496 e. The lowest BCUT2D eigenvalue weighted by Crippen LogP contribution is -2.19. The summed E-state index contributed by atoms with van der Waals surface area (Å²) in [7, 11) is 1.58. The zero-order chi connectivity index (χ0) is 28.6. The van der Waals surface area contributed by atoms with Crippen LogP contribution in [0.2, 0.25) is 4.34 Å². The van der Waals surface area contributed by atoms with Gasteiger partial charge in [0.25, 0.3) is 0 Å². The van der Waals surface area contributed by atoms with Crippen LogP contribution in [0.3, 0.4) is 0 Å². The minimum absolute atomic E-state index is 0.399. The van der Waals surface area contributed by atoms with E-state index >= 15 is 0 Å². The molecule has 0 saturated heterocycles. The van der Waals surface area contributed by atoms with Crippen LogP contribution in [0, 0.1) is 12.7 Å². The Labute approximate surface area is 240 Å². The minimum atomic E-state index is -0.788. The summed E-state index contributed by atoms with van der Waals surface area (Å²) in [5, 5.41) is 12.3. The molecule has 2 N–H and O–H groups in total. The fourth-order valence-corrected chi connectivity index (χ4v) is 6.05. The van der Waals surface area contributed by atoms with Gasteiger partial charge in [0.1, 0.15) is 17.7 Å². The van der Waals surface area contributed by atoms with Gasteiger partial charge in [-0.3, -0.25) is 10.1 Å². The van der Waals surface area contributed by atoms with Crippen molar-refractivity contribution in [3.63, 3.8) is 0 Å². The van der Waals surface area contributed by atoms with Gasteiger partial charge in [-0.05, 0) is 78.8 Å². The fraction of sp³-hybridized carbons (Fsp3) is 0.226. The number of carboxylic acid groups (broad SMARTS) is 1. The maximum atomic E-state index is 13.7. The Kier molecular flexibility index (Phi) is 7.57. The summed E-state index contributed by atoms with van der Waals surface area (Å²) < 4.78 is 25.4. The van der Waals surface area contributed by atoms with E-state index < -0.39 is 29.4 Å². The lowest BCUT2D eigenvalue weighted by Gasteiger charge is -2.17. The van der Waals surface area contributed by atoms with Gasteiger partial charge in [0.05, 0.1) is 27.4 Å². The monoisotopic (exact) mass is 579 g/mol. The molecule has 1 fully saturated rings. The second kappa shape index (κ2) is 10.9. The Morgan fingerprint density at radius 1 is 1.05 bits per heavy atom. The van der Waals surface area contributed by atoms with Gasteiger partial charge in [-0.25, -0.2) is 9.18 Å². The Morgan fingerprint density at radius 2 is 1.75 bits per heavy atom. The number of hydrogen-bond acceptors (Lipinski definition) is 5. The summed E-state index contributed by atoms with van der Waals surface area (Å²) in [5.41, 5.74) is 4.43. The zero-order valence-corrected chi connectivity index (χ0v) is 23.7. The van der Waals surface area contributed by atoms with Crippen LogP contribution in [-0.4, -0.2) is 24.3 Å². The highest BCUT2D eigenvalue weighted by atomic mass is 35.5. The largest absolute Gasteiger partial charge is 0.496 e. The van der Waals surface area contributed by atoms with E-state index in [1.165, 1.54) is 23.5 Å². The Morgan fingerprint density at radius 3 is 2.40 bits per heavy atom. The summed E-state index contributed by atoms with van der Waals surface area (Å²) >= 11 is 7.63. The second-order valence-electron chi connectivity index (χ2n) is 9.85. The van der Waals surface area contributed by atoms with Crippen molar-refractivity contribution in [2.75, 3.05) is 12.4 Å². The normalized spacial score (nSPS) is 14.3. The molecule has 9 heteroatoms. The molecule has 1 aliphatic rings. The molecule has 1 heterocycles. The third-order valence-electron chi connectivity index (χ3n) is 7.27. The summed E-state index contributed by atoms with van der Waals surface area (Å²) in [6.07, 6.45) is -0.0539. The van der Waals surface area contributed by atoms with Crippen LogP contribution in [0.5, 0.6) is 5.75 Å². The molecule has 0 radical (unpaired) electrons. The zero-order valence-electron chi connectivity index (χ0n) is 22.1. The molecule has 6 nitrogen and oxygen atoms in total. The average Bonchev–Trinajstić information content (AvgIpc) is 3.67. The lowest BCUT2D eigenvalue weighted by atomic mass is 9.93. The predicted octanol–water partition coefficient (Wildman–Crippen LogP) is 8.62. The molecule has 1 amide bonds. The van der Waals surface area contributed by atoms with Crippen molar-refractivity contribution in [1.82, 2.24) is 0 Å². The molecule has 5 rings (SSSR count). The highest BCUT2D eigenvalue weighted by Gasteiger charge is 2.51. The van der Waals surface area contributed by atoms with Gasteiger partial charge < -0.3 is 14.6 Å². The molecular weight excluding hydrogens is 553 g/mol. The number of carbonyl (C=O) groups excluding carboxylic acids is 1. The van der Waals surface area contributed by atoms with E-state index in [-0.39, 0.29) is 0 Å². The molecule has 1 aromatic heterocycles. The molecule has 1 atom stereocenters. The Bertz CT molecular complexity index is 1600. The molecule has 1 unspecified atom stereocenters. The molecule has 4 aromatic rings. The number of hydrogen-bond donors (Lipinski definition) is 2. The summed E-state index contributed by atoms with van der Waals surface area (Å²) in [6, 6.07) is 19.2. The number of anilines is 1. The van der Waals surface area contributed by atoms with Crippen LogP contribution < -0.4 is 10.1 Å². The van der Waals surface area contributed by atoms with E-state index in [2.05, 4.69) is 5.32 Å². The molecule has 0 spiro atoms. The Hall–Kier alpha value is -3.88. The topological polar surface area (TPSA) is 84.9 Å². The van der Waals surface area contributed by atoms with Crippen molar-refractivity contribution in [1.29, 1.82) is 0 Å². The lowest BCUT2D eigenvalue weighted by molar-refractivity contribution is -0.140. The SMILES string of the molecule is COc1cc(-c2sc(Cl)cc2NC(=O)OC(C)c2cc(F)ccc2C)ccc1-c1ccc(C2(C(=O)O)CC2)cc1. The number of aryl methyl sites for hydroxylation is 1. The number of amides is 1. The van der Waals surface area contributed by atoms with E-state index in [1.54, 1.807) is 26.2 Å². The standard InChI is InChI=1S/C31H27ClFNO5S/c1-17-4-10-22(33)15-24(17)18(2)39-30(37)34-25-16-27(32)40-28(25)20-7-11-23(26(14-20)38-3)19-5-8-21(9-6-19)31(12-13-31)29(35)36/h4-11,14-16,18H,12-13H2,1-3H3,(H,34,37)(H,35,36). The molecule has 0 aliphatic heterocycles. The first-order valence-electron chi connectivity index (χ1n) is 12.7. The molecule has 0 bridgehead atoms. The maximum Gasteiger partial charge on any atom is 0.412 e. The van der Waals surface area contributed by atoms with Gasteiger partial charge in [-0.1, -0.05) is 54.1 Å². The van der Waals surface area contributed by atoms with E-state index in [1.807, 2.05) is 49.4 Å². The van der Waals surface area contributed by atoms with Crippen LogP contribution in [0.25, 0.3) is 21.6 Å². The third kappa shape index (κ3) is 5.42. The van der Waals surface area contributed by atoms with Crippen molar-refractivity contribution in [2.45, 2.75) is 38.2 Å². The first kappa shape index (κ1) is 27.7. The fourth-order valence-electron chi connectivity index (χ4n) is 4.87. The van der Waals surface area contributed by atoms with Crippen molar-refractivity contribution < 1.29 is 28.6 Å². The van der Waals surface area contributed by atoms with E-state index in [0.717, 1.165) is 27.8 Å². The smallest absolute Gasteiger partial charge is 0.412 e. The predicted molar refractivity (Wildman–Crippen MR) is 155 cm³/mol. The van der Waals surface area contributed by atoms with Crippen molar-refractivity contribution in [3.05, 3.63) is 93.6 Å². The van der Waals surface area contributed by atoms with Gasteiger partial charge in [-0.15, -0.1) is 11.3 Å². The maximum absolute atomic E-state index is 13.7. The average molecular weight is 580 g/mol. The summed E-state index contributed by atoms with van der Waals surface area (Å²) in [4.78, 5) is 25.2. The molecule has 1 saturated carbocycles. The molecule has 3 aromatic carbocycles.